The number of ketones is 1. The minimum atomic E-state index is -0.132. The Hall–Kier alpha value is -3.27. The molecule has 0 spiro atoms. The van der Waals surface area contributed by atoms with Gasteiger partial charge in [-0.05, 0) is 37.1 Å². The predicted molar refractivity (Wildman–Crippen MR) is 101 cm³/mol. The van der Waals surface area contributed by atoms with E-state index in [0.717, 1.165) is 22.3 Å². The van der Waals surface area contributed by atoms with Crippen LogP contribution in [0.2, 0.25) is 0 Å². The number of nitrogen functional groups attached to an aromatic ring is 1. The zero-order valence-electron chi connectivity index (χ0n) is 14.3. The van der Waals surface area contributed by atoms with E-state index in [2.05, 4.69) is 16.5 Å². The maximum atomic E-state index is 13.0. The smallest absolute Gasteiger partial charge is 0.193 e. The molecule has 0 aliphatic carbocycles. The van der Waals surface area contributed by atoms with Gasteiger partial charge in [0.05, 0.1) is 0 Å². The van der Waals surface area contributed by atoms with Crippen molar-refractivity contribution < 1.29 is 4.79 Å². The van der Waals surface area contributed by atoms with Crippen molar-refractivity contribution in [2.45, 2.75) is 13.8 Å². The molecule has 124 valence electrons. The van der Waals surface area contributed by atoms with Crippen LogP contribution in [0, 0.1) is 13.8 Å². The number of carbonyl (C=O) groups excluding carboxylic acids is 1. The monoisotopic (exact) mass is 329 g/mol. The summed E-state index contributed by atoms with van der Waals surface area (Å²) in [6, 6.07) is 11.4. The minimum Gasteiger partial charge on any atom is -0.383 e. The van der Waals surface area contributed by atoms with Crippen LogP contribution in [0.25, 0.3) is 16.7 Å². The van der Waals surface area contributed by atoms with Gasteiger partial charge in [0.2, 0.25) is 0 Å². The standard InChI is InChI=1S/C21H19N3O/c1-13-6-4-7-14(2)19(13)20(25)15(3)18-10-17(12-24-21(18)22)16-8-5-9-23-11-16/h4-12H,3H2,1-2H3,(H2,22,24). The van der Waals surface area contributed by atoms with Crippen molar-refractivity contribution in [1.29, 1.82) is 0 Å². The number of anilines is 1. The lowest BCUT2D eigenvalue weighted by atomic mass is 9.91. The van der Waals surface area contributed by atoms with E-state index in [4.69, 9.17) is 5.73 Å². The molecule has 0 aliphatic heterocycles. The van der Waals surface area contributed by atoms with Crippen LogP contribution >= 0.6 is 0 Å². The molecule has 0 bridgehead atoms. The molecule has 2 aromatic heterocycles. The molecule has 3 aromatic rings. The van der Waals surface area contributed by atoms with E-state index in [-0.39, 0.29) is 11.6 Å². The molecule has 0 radical (unpaired) electrons. The highest BCUT2D eigenvalue weighted by Crippen LogP contribution is 2.29. The summed E-state index contributed by atoms with van der Waals surface area (Å²) in [6.45, 7) is 7.83. The summed E-state index contributed by atoms with van der Waals surface area (Å²) >= 11 is 0. The second-order valence-corrected chi connectivity index (χ2v) is 5.97. The number of aromatic nitrogens is 2. The van der Waals surface area contributed by atoms with Crippen molar-refractivity contribution in [2.75, 3.05) is 5.73 Å². The first-order valence-corrected chi connectivity index (χ1v) is 7.95. The second kappa shape index (κ2) is 6.69. The molecule has 0 amide bonds. The molecule has 4 nitrogen and oxygen atoms in total. The summed E-state index contributed by atoms with van der Waals surface area (Å²) in [5.74, 6) is 0.157. The fraction of sp³-hybridized carbons (Fsp3) is 0.0952. The van der Waals surface area contributed by atoms with Crippen molar-refractivity contribution in [1.82, 2.24) is 9.97 Å². The van der Waals surface area contributed by atoms with Crippen molar-refractivity contribution in [3.05, 3.63) is 83.8 Å². The number of aryl methyl sites for hydroxylation is 2. The largest absolute Gasteiger partial charge is 0.383 e. The highest BCUT2D eigenvalue weighted by molar-refractivity contribution is 6.30. The molecule has 0 atom stereocenters. The van der Waals surface area contributed by atoms with Gasteiger partial charge in [0, 0.05) is 46.4 Å². The van der Waals surface area contributed by atoms with Gasteiger partial charge in [-0.3, -0.25) is 9.78 Å². The van der Waals surface area contributed by atoms with E-state index in [1.165, 1.54) is 0 Å². The summed E-state index contributed by atoms with van der Waals surface area (Å²) in [5, 5.41) is 0. The van der Waals surface area contributed by atoms with Crippen molar-refractivity contribution >= 4 is 17.2 Å². The number of allylic oxidation sites excluding steroid dienone is 1. The Kier molecular flexibility index (Phi) is 4.44. The topological polar surface area (TPSA) is 68.9 Å². The van der Waals surface area contributed by atoms with Crippen molar-refractivity contribution in [3.63, 3.8) is 0 Å². The first-order chi connectivity index (χ1) is 12.0. The number of hydrogen-bond acceptors (Lipinski definition) is 4. The van der Waals surface area contributed by atoms with Gasteiger partial charge >= 0.3 is 0 Å². The van der Waals surface area contributed by atoms with Gasteiger partial charge in [-0.25, -0.2) is 4.98 Å². The Morgan fingerprint density at radius 2 is 1.76 bits per heavy atom. The second-order valence-electron chi connectivity index (χ2n) is 5.97. The Labute approximate surface area is 147 Å². The van der Waals surface area contributed by atoms with E-state index in [0.29, 0.717) is 16.7 Å². The van der Waals surface area contributed by atoms with Crippen molar-refractivity contribution in [3.8, 4) is 11.1 Å². The van der Waals surface area contributed by atoms with Crippen LogP contribution in [0.15, 0.2) is 61.6 Å². The highest BCUT2D eigenvalue weighted by Gasteiger charge is 2.19. The van der Waals surface area contributed by atoms with E-state index in [1.807, 2.05) is 50.2 Å². The first kappa shape index (κ1) is 16.6. The van der Waals surface area contributed by atoms with Gasteiger partial charge in [0.1, 0.15) is 5.82 Å². The van der Waals surface area contributed by atoms with Crippen LogP contribution in [0.1, 0.15) is 27.0 Å². The van der Waals surface area contributed by atoms with Gasteiger partial charge in [-0.2, -0.15) is 0 Å². The molecule has 2 N–H and O–H groups in total. The lowest BCUT2D eigenvalue weighted by Gasteiger charge is -2.13. The SMILES string of the molecule is C=C(C(=O)c1c(C)cccc1C)c1cc(-c2cccnc2)cnc1N. The van der Waals surface area contributed by atoms with Crippen LogP contribution in [0.4, 0.5) is 5.82 Å². The third-order valence-corrected chi connectivity index (χ3v) is 4.22. The van der Waals surface area contributed by atoms with E-state index in [9.17, 15) is 4.79 Å². The Morgan fingerprint density at radius 1 is 1.04 bits per heavy atom. The number of carbonyl (C=O) groups is 1. The fourth-order valence-corrected chi connectivity index (χ4v) is 2.85. The van der Waals surface area contributed by atoms with Gasteiger partial charge in [0.25, 0.3) is 0 Å². The zero-order valence-corrected chi connectivity index (χ0v) is 14.3. The minimum absolute atomic E-state index is 0.132. The number of Topliss-reactive ketones (excluding diaryl/α,β-unsaturated/α-hetero) is 1. The lowest BCUT2D eigenvalue weighted by molar-refractivity contribution is 0.105. The molecule has 1 aromatic carbocycles. The van der Waals surface area contributed by atoms with E-state index >= 15 is 0 Å². The summed E-state index contributed by atoms with van der Waals surface area (Å²) < 4.78 is 0. The van der Waals surface area contributed by atoms with Crippen LogP contribution in [-0.2, 0) is 0 Å². The molecular weight excluding hydrogens is 310 g/mol. The Morgan fingerprint density at radius 3 is 2.40 bits per heavy atom. The molecule has 4 heteroatoms. The normalized spacial score (nSPS) is 10.5. The van der Waals surface area contributed by atoms with Crippen LogP contribution in [-0.4, -0.2) is 15.8 Å². The average molecular weight is 329 g/mol. The lowest BCUT2D eigenvalue weighted by Crippen LogP contribution is -2.09. The number of rotatable bonds is 4. The van der Waals surface area contributed by atoms with Crippen molar-refractivity contribution in [2.24, 2.45) is 0 Å². The van der Waals surface area contributed by atoms with Gasteiger partial charge in [-0.1, -0.05) is 30.8 Å². The summed E-state index contributed by atoms with van der Waals surface area (Å²) in [7, 11) is 0. The fourth-order valence-electron chi connectivity index (χ4n) is 2.85. The molecular formula is C21H19N3O. The molecule has 0 aliphatic rings. The average Bonchev–Trinajstić information content (AvgIpc) is 2.62. The number of nitrogens with two attached hydrogens (primary N) is 1. The van der Waals surface area contributed by atoms with Crippen LogP contribution in [0.3, 0.4) is 0 Å². The first-order valence-electron chi connectivity index (χ1n) is 7.95. The Balaban J connectivity index is 2.04. The summed E-state index contributed by atoms with van der Waals surface area (Å²) in [6.07, 6.45) is 5.12. The molecule has 0 unspecified atom stereocenters. The zero-order chi connectivity index (χ0) is 18.0. The third kappa shape index (κ3) is 3.19. The number of pyridine rings is 2. The third-order valence-electron chi connectivity index (χ3n) is 4.22. The number of hydrogen-bond donors (Lipinski definition) is 1. The van der Waals surface area contributed by atoms with Crippen LogP contribution in [0.5, 0.6) is 0 Å². The summed E-state index contributed by atoms with van der Waals surface area (Å²) in [4.78, 5) is 21.3. The van der Waals surface area contributed by atoms with E-state index in [1.54, 1.807) is 18.6 Å². The maximum Gasteiger partial charge on any atom is 0.193 e. The molecule has 0 fully saturated rings. The quantitative estimate of drug-likeness (QED) is 0.574. The molecule has 25 heavy (non-hydrogen) atoms. The number of nitrogens with zero attached hydrogens (tertiary/aromatic N) is 2. The van der Waals surface area contributed by atoms with Gasteiger partial charge in [-0.15, -0.1) is 0 Å². The number of benzene rings is 1. The van der Waals surface area contributed by atoms with Crippen LogP contribution < -0.4 is 5.73 Å². The van der Waals surface area contributed by atoms with E-state index < -0.39 is 0 Å². The highest BCUT2D eigenvalue weighted by atomic mass is 16.1. The predicted octanol–water partition coefficient (Wildman–Crippen LogP) is 4.24. The van der Waals surface area contributed by atoms with Gasteiger partial charge < -0.3 is 5.73 Å². The molecule has 3 rings (SSSR count). The molecule has 2 heterocycles. The Bertz CT molecular complexity index is 942. The molecule has 0 saturated heterocycles. The maximum absolute atomic E-state index is 13.0. The van der Waals surface area contributed by atoms with Gasteiger partial charge in [0.15, 0.2) is 5.78 Å². The summed E-state index contributed by atoms with van der Waals surface area (Å²) in [5.41, 5.74) is 11.2. The molecule has 0 saturated carbocycles.